The van der Waals surface area contributed by atoms with Crippen LogP contribution in [0, 0.1) is 11.8 Å². The van der Waals surface area contributed by atoms with Crippen molar-refractivity contribution in [3.8, 4) is 0 Å². The van der Waals surface area contributed by atoms with E-state index in [4.69, 9.17) is 3.07 Å². The van der Waals surface area contributed by atoms with Crippen LogP contribution in [-0.2, 0) is 7.87 Å². The number of benzene rings is 3. The van der Waals surface area contributed by atoms with Gasteiger partial charge in [-0.05, 0) is 0 Å². The molecule has 3 aromatic rings. The third kappa shape index (κ3) is 3.75. The Morgan fingerprint density at radius 3 is 1.54 bits per heavy atom. The molecule has 2 unspecified atom stereocenters. The Bertz CT molecular complexity index is 812. The molecule has 0 radical (unpaired) electrons. The molecule has 0 aromatic heterocycles. The standard InChI is InChI=1S/C7H12O2.3C6H5.Sn/c1-5-2-3-6(5)4-7(8)9;3*1-2-4-6-5-3-1;/h5-6H,2-4H2,1H3,(H,8,9);3*1-5H;/q;;;;+1/p-1. The van der Waals surface area contributed by atoms with Crippen molar-refractivity contribution in [1.82, 2.24) is 0 Å². The van der Waals surface area contributed by atoms with Crippen molar-refractivity contribution in [2.24, 2.45) is 11.8 Å². The maximum absolute atomic E-state index is 13.2. The second-order valence-corrected chi connectivity index (χ2v) is 17.2. The molecule has 142 valence electrons. The summed E-state index contributed by atoms with van der Waals surface area (Å²) in [6, 6.07) is 31.2. The first-order valence-corrected chi connectivity index (χ1v) is 15.5. The van der Waals surface area contributed by atoms with E-state index in [1.165, 1.54) is 17.2 Å². The van der Waals surface area contributed by atoms with Crippen molar-refractivity contribution in [1.29, 1.82) is 0 Å². The molecule has 2 nitrogen and oxygen atoms in total. The second kappa shape index (κ2) is 8.52. The van der Waals surface area contributed by atoms with Crippen LogP contribution in [0.3, 0.4) is 0 Å². The molecule has 0 amide bonds. The van der Waals surface area contributed by atoms with Gasteiger partial charge in [-0.3, -0.25) is 0 Å². The number of hydrogen-bond acceptors (Lipinski definition) is 2. The average molecular weight is 477 g/mol. The first-order chi connectivity index (χ1) is 13.7. The van der Waals surface area contributed by atoms with Gasteiger partial charge in [0.05, 0.1) is 0 Å². The van der Waals surface area contributed by atoms with Crippen LogP contribution in [0.2, 0.25) is 0 Å². The summed E-state index contributed by atoms with van der Waals surface area (Å²) >= 11 is -3.92. The molecule has 1 aliphatic carbocycles. The van der Waals surface area contributed by atoms with Crippen molar-refractivity contribution in [2.45, 2.75) is 26.2 Å². The van der Waals surface area contributed by atoms with E-state index in [9.17, 15) is 4.79 Å². The fourth-order valence-corrected chi connectivity index (χ4v) is 14.9. The van der Waals surface area contributed by atoms with Crippen molar-refractivity contribution >= 4 is 35.5 Å². The van der Waals surface area contributed by atoms with E-state index in [-0.39, 0.29) is 5.97 Å². The van der Waals surface area contributed by atoms with Crippen molar-refractivity contribution < 1.29 is 7.87 Å². The molecule has 0 saturated heterocycles. The minimum atomic E-state index is -3.92. The SMILES string of the molecule is CC1CCC1CC(=O)[O][Sn]([c]1ccccc1)([c]1ccccc1)[c]1ccccc1. The van der Waals surface area contributed by atoms with E-state index in [2.05, 4.69) is 79.7 Å². The van der Waals surface area contributed by atoms with Crippen LogP contribution < -0.4 is 10.7 Å². The molecular weight excluding hydrogens is 451 g/mol. The molecule has 2 atom stereocenters. The number of carbonyl (C=O) groups excluding carboxylic acids is 1. The zero-order valence-electron chi connectivity index (χ0n) is 16.3. The Morgan fingerprint density at radius 2 is 1.21 bits per heavy atom. The summed E-state index contributed by atoms with van der Waals surface area (Å²) in [5.41, 5.74) is 0. The third-order valence-electron chi connectivity index (χ3n) is 6.03. The fourth-order valence-electron chi connectivity index (χ4n) is 4.16. The van der Waals surface area contributed by atoms with Gasteiger partial charge in [0.15, 0.2) is 0 Å². The summed E-state index contributed by atoms with van der Waals surface area (Å²) in [6.07, 6.45) is 2.90. The zero-order chi connectivity index (χ0) is 19.4. The summed E-state index contributed by atoms with van der Waals surface area (Å²) in [5.74, 6) is 1.06. The summed E-state index contributed by atoms with van der Waals surface area (Å²) in [7, 11) is 0. The monoisotopic (exact) mass is 478 g/mol. The summed E-state index contributed by atoms with van der Waals surface area (Å²) in [4.78, 5) is 13.2. The molecule has 1 fully saturated rings. The van der Waals surface area contributed by atoms with Gasteiger partial charge in [-0.25, -0.2) is 0 Å². The molecule has 0 bridgehead atoms. The molecule has 28 heavy (non-hydrogen) atoms. The second-order valence-electron chi connectivity index (χ2n) is 7.77. The quantitative estimate of drug-likeness (QED) is 0.508. The van der Waals surface area contributed by atoms with Crippen molar-refractivity contribution in [3.63, 3.8) is 0 Å². The molecule has 1 saturated carbocycles. The van der Waals surface area contributed by atoms with E-state index in [0.29, 0.717) is 18.3 Å². The summed E-state index contributed by atoms with van der Waals surface area (Å²) in [6.45, 7) is 2.24. The first-order valence-electron chi connectivity index (χ1n) is 10.1. The molecule has 3 heteroatoms. The molecule has 1 aliphatic rings. The van der Waals surface area contributed by atoms with Crippen LogP contribution in [0.25, 0.3) is 0 Å². The molecular formula is C25H26O2Sn. The van der Waals surface area contributed by atoms with Gasteiger partial charge in [0, 0.05) is 0 Å². The van der Waals surface area contributed by atoms with Gasteiger partial charge >= 0.3 is 172 Å². The Kier molecular flexibility index (Phi) is 5.86. The topological polar surface area (TPSA) is 26.3 Å². The van der Waals surface area contributed by atoms with Gasteiger partial charge in [-0.2, -0.15) is 0 Å². The average Bonchev–Trinajstić information content (AvgIpc) is 2.76. The number of hydrogen-bond donors (Lipinski definition) is 0. The first kappa shape index (κ1) is 19.3. The van der Waals surface area contributed by atoms with Gasteiger partial charge in [0.2, 0.25) is 0 Å². The van der Waals surface area contributed by atoms with E-state index < -0.39 is 18.8 Å². The van der Waals surface area contributed by atoms with Gasteiger partial charge in [0.1, 0.15) is 0 Å². The van der Waals surface area contributed by atoms with Crippen LogP contribution in [0.15, 0.2) is 91.0 Å². The molecule has 0 spiro atoms. The summed E-state index contributed by atoms with van der Waals surface area (Å²) in [5, 5.41) is 0. The Balaban J connectivity index is 1.82. The van der Waals surface area contributed by atoms with Gasteiger partial charge in [0.25, 0.3) is 0 Å². The Labute approximate surface area is 172 Å². The van der Waals surface area contributed by atoms with E-state index in [0.717, 1.165) is 6.42 Å². The van der Waals surface area contributed by atoms with E-state index in [1.807, 2.05) is 18.2 Å². The molecule has 4 rings (SSSR count). The normalized spacial score (nSPS) is 18.9. The molecule has 0 aliphatic heterocycles. The van der Waals surface area contributed by atoms with E-state index in [1.54, 1.807) is 0 Å². The number of carbonyl (C=O) groups is 1. The molecule has 0 heterocycles. The molecule has 0 N–H and O–H groups in total. The van der Waals surface area contributed by atoms with Gasteiger partial charge in [-0.1, -0.05) is 0 Å². The van der Waals surface area contributed by atoms with Crippen LogP contribution in [0.4, 0.5) is 0 Å². The minimum absolute atomic E-state index is 0.0380. The Hall–Kier alpha value is -2.07. The van der Waals surface area contributed by atoms with Crippen molar-refractivity contribution in [3.05, 3.63) is 91.0 Å². The van der Waals surface area contributed by atoms with Crippen LogP contribution in [0.5, 0.6) is 0 Å². The fraction of sp³-hybridized carbons (Fsp3) is 0.240. The van der Waals surface area contributed by atoms with Gasteiger partial charge < -0.3 is 0 Å². The molecule has 3 aromatic carbocycles. The van der Waals surface area contributed by atoms with Crippen LogP contribution in [0.1, 0.15) is 26.2 Å². The van der Waals surface area contributed by atoms with Crippen LogP contribution in [-0.4, -0.2) is 24.8 Å². The van der Waals surface area contributed by atoms with Crippen molar-refractivity contribution in [2.75, 3.05) is 0 Å². The number of rotatable bonds is 6. The van der Waals surface area contributed by atoms with E-state index >= 15 is 0 Å². The zero-order valence-corrected chi connectivity index (χ0v) is 19.1. The summed E-state index contributed by atoms with van der Waals surface area (Å²) < 4.78 is 10.1. The van der Waals surface area contributed by atoms with Crippen LogP contribution >= 0.6 is 0 Å². The third-order valence-corrected chi connectivity index (χ3v) is 17.4. The van der Waals surface area contributed by atoms with Gasteiger partial charge in [-0.15, -0.1) is 0 Å². The Morgan fingerprint density at radius 1 is 0.786 bits per heavy atom. The maximum atomic E-state index is 13.2. The predicted octanol–water partition coefficient (Wildman–Crippen LogP) is 3.63. The predicted molar refractivity (Wildman–Crippen MR) is 117 cm³/mol.